The zero-order valence-corrected chi connectivity index (χ0v) is 12.7. The summed E-state index contributed by atoms with van der Waals surface area (Å²) in [7, 11) is -3.70. The van der Waals surface area contributed by atoms with Crippen molar-refractivity contribution in [1.29, 1.82) is 0 Å². The molecule has 0 aliphatic carbocycles. The van der Waals surface area contributed by atoms with Crippen LogP contribution in [0.5, 0.6) is 0 Å². The molecule has 7 heteroatoms. The molecule has 1 rings (SSSR count). The van der Waals surface area contributed by atoms with Gasteiger partial charge in [0, 0.05) is 17.1 Å². The molecule has 102 valence electrons. The fourth-order valence-corrected chi connectivity index (χ4v) is 3.90. The highest BCUT2D eigenvalue weighted by Crippen LogP contribution is 2.26. The normalized spacial score (nSPS) is 12.3. The van der Waals surface area contributed by atoms with Crippen LogP contribution < -0.4 is 5.73 Å². The topological polar surface area (TPSA) is 83.6 Å². The van der Waals surface area contributed by atoms with Crippen LogP contribution in [-0.4, -0.2) is 37.0 Å². The molecule has 0 atom stereocenters. The van der Waals surface area contributed by atoms with Crippen LogP contribution in [0.25, 0.3) is 0 Å². The highest BCUT2D eigenvalue weighted by molar-refractivity contribution is 9.10. The number of anilines is 1. The van der Waals surface area contributed by atoms with Gasteiger partial charge < -0.3 is 10.8 Å². The number of sulfonamides is 1. The summed E-state index contributed by atoms with van der Waals surface area (Å²) in [5, 5.41) is 8.97. The number of hydrogen-bond acceptors (Lipinski definition) is 4. The molecule has 18 heavy (non-hydrogen) atoms. The Morgan fingerprint density at radius 2 is 2.06 bits per heavy atom. The summed E-state index contributed by atoms with van der Waals surface area (Å²) < 4.78 is 26.8. The fourth-order valence-electron chi connectivity index (χ4n) is 1.61. The third-order valence-electron chi connectivity index (χ3n) is 2.46. The van der Waals surface area contributed by atoms with Crippen molar-refractivity contribution >= 4 is 31.6 Å². The molecule has 0 heterocycles. The molecule has 0 fully saturated rings. The number of benzene rings is 1. The smallest absolute Gasteiger partial charge is 0.245 e. The third-order valence-corrected chi connectivity index (χ3v) is 5.08. The van der Waals surface area contributed by atoms with Crippen LogP contribution in [0.1, 0.15) is 13.8 Å². The van der Waals surface area contributed by atoms with Gasteiger partial charge in [-0.2, -0.15) is 4.31 Å². The van der Waals surface area contributed by atoms with Gasteiger partial charge in [0.15, 0.2) is 0 Å². The number of nitrogens with zero attached hydrogens (tertiary/aromatic N) is 1. The lowest BCUT2D eigenvalue weighted by molar-refractivity contribution is 0.236. The van der Waals surface area contributed by atoms with E-state index < -0.39 is 10.0 Å². The summed E-state index contributed by atoms with van der Waals surface area (Å²) in [4.78, 5) is 0.0547. The van der Waals surface area contributed by atoms with Gasteiger partial charge in [0.2, 0.25) is 10.0 Å². The third kappa shape index (κ3) is 3.23. The minimum Gasteiger partial charge on any atom is -0.398 e. The Bertz CT molecular complexity index is 517. The Morgan fingerprint density at radius 1 is 1.44 bits per heavy atom. The lowest BCUT2D eigenvalue weighted by Gasteiger charge is -2.25. The second-order valence-electron chi connectivity index (χ2n) is 4.12. The molecule has 0 spiro atoms. The maximum absolute atomic E-state index is 12.5. The van der Waals surface area contributed by atoms with E-state index in [1.165, 1.54) is 16.4 Å². The first-order valence-electron chi connectivity index (χ1n) is 5.48. The van der Waals surface area contributed by atoms with Gasteiger partial charge >= 0.3 is 0 Å². The molecular formula is C11H17BrN2O3S. The molecule has 0 saturated carbocycles. The number of nitrogens with two attached hydrogens (primary N) is 1. The number of aliphatic hydroxyl groups excluding tert-OH is 1. The molecule has 1 aromatic rings. The maximum atomic E-state index is 12.5. The summed E-state index contributed by atoms with van der Waals surface area (Å²) in [5.41, 5.74) is 5.92. The average Bonchev–Trinajstić information content (AvgIpc) is 2.28. The van der Waals surface area contributed by atoms with Gasteiger partial charge in [-0.15, -0.1) is 0 Å². The van der Waals surface area contributed by atoms with Crippen LogP contribution in [0.15, 0.2) is 27.6 Å². The minimum atomic E-state index is -3.70. The Morgan fingerprint density at radius 3 is 2.56 bits per heavy atom. The first-order chi connectivity index (χ1) is 8.30. The quantitative estimate of drug-likeness (QED) is 0.796. The number of aliphatic hydroxyl groups is 1. The van der Waals surface area contributed by atoms with Crippen molar-refractivity contribution in [2.24, 2.45) is 0 Å². The Kier molecular flexibility index (Phi) is 5.15. The van der Waals surface area contributed by atoms with Crippen molar-refractivity contribution in [2.45, 2.75) is 24.8 Å². The Balaban J connectivity index is 3.30. The zero-order chi connectivity index (χ0) is 13.9. The molecule has 0 amide bonds. The minimum absolute atomic E-state index is 0.0476. The van der Waals surface area contributed by atoms with Gasteiger partial charge in [0.05, 0.1) is 12.3 Å². The van der Waals surface area contributed by atoms with E-state index in [1.54, 1.807) is 19.9 Å². The first-order valence-corrected chi connectivity index (χ1v) is 7.71. The monoisotopic (exact) mass is 336 g/mol. The van der Waals surface area contributed by atoms with E-state index in [0.29, 0.717) is 4.47 Å². The first kappa shape index (κ1) is 15.4. The lowest BCUT2D eigenvalue weighted by atomic mass is 10.3. The highest BCUT2D eigenvalue weighted by atomic mass is 79.9. The molecule has 1 aromatic carbocycles. The van der Waals surface area contributed by atoms with E-state index in [2.05, 4.69) is 15.9 Å². The lowest BCUT2D eigenvalue weighted by Crippen LogP contribution is -2.39. The van der Waals surface area contributed by atoms with Crippen molar-refractivity contribution in [3.05, 3.63) is 22.7 Å². The van der Waals surface area contributed by atoms with Crippen molar-refractivity contribution in [2.75, 3.05) is 18.9 Å². The van der Waals surface area contributed by atoms with Gasteiger partial charge in [-0.05, 0) is 32.0 Å². The van der Waals surface area contributed by atoms with Crippen molar-refractivity contribution in [1.82, 2.24) is 4.31 Å². The van der Waals surface area contributed by atoms with Gasteiger partial charge in [-0.3, -0.25) is 0 Å². The van der Waals surface area contributed by atoms with Gasteiger partial charge in [-0.1, -0.05) is 15.9 Å². The number of halogens is 1. The molecular weight excluding hydrogens is 320 g/mol. The van der Waals surface area contributed by atoms with E-state index in [9.17, 15) is 8.42 Å². The molecule has 0 bridgehead atoms. The predicted molar refractivity (Wildman–Crippen MR) is 74.7 cm³/mol. The van der Waals surface area contributed by atoms with E-state index in [0.717, 1.165) is 0 Å². The summed E-state index contributed by atoms with van der Waals surface area (Å²) in [6.45, 7) is 3.32. The molecule has 0 radical (unpaired) electrons. The van der Waals surface area contributed by atoms with Crippen molar-refractivity contribution < 1.29 is 13.5 Å². The van der Waals surface area contributed by atoms with Crippen LogP contribution in [0.2, 0.25) is 0 Å². The van der Waals surface area contributed by atoms with Crippen molar-refractivity contribution in [3.8, 4) is 0 Å². The van der Waals surface area contributed by atoms with E-state index in [4.69, 9.17) is 10.8 Å². The van der Waals surface area contributed by atoms with E-state index in [-0.39, 0.29) is 29.8 Å². The van der Waals surface area contributed by atoms with Crippen LogP contribution in [0.3, 0.4) is 0 Å². The van der Waals surface area contributed by atoms with Crippen molar-refractivity contribution in [3.63, 3.8) is 0 Å². The molecule has 5 nitrogen and oxygen atoms in total. The van der Waals surface area contributed by atoms with Crippen LogP contribution in [-0.2, 0) is 10.0 Å². The summed E-state index contributed by atoms with van der Waals surface area (Å²) >= 11 is 3.23. The Hall–Kier alpha value is -0.630. The van der Waals surface area contributed by atoms with Crippen LogP contribution >= 0.6 is 15.9 Å². The second-order valence-corrected chi connectivity index (χ2v) is 6.89. The number of hydrogen-bond donors (Lipinski definition) is 2. The fraction of sp³-hybridized carbons (Fsp3) is 0.455. The second kappa shape index (κ2) is 6.01. The Labute approximate surface area is 116 Å². The molecule has 0 aromatic heterocycles. The molecule has 0 aliphatic heterocycles. The predicted octanol–water partition coefficient (Wildman–Crippen LogP) is 1.42. The summed E-state index contributed by atoms with van der Waals surface area (Å²) in [6.07, 6.45) is 0. The van der Waals surface area contributed by atoms with Gasteiger partial charge in [0.1, 0.15) is 4.90 Å². The number of rotatable bonds is 5. The summed E-state index contributed by atoms with van der Waals surface area (Å²) in [6, 6.07) is 4.44. The SMILES string of the molecule is CC(C)N(CCO)S(=O)(=O)c1cc(Br)ccc1N. The zero-order valence-electron chi connectivity index (χ0n) is 10.3. The molecule has 0 aliphatic rings. The highest BCUT2D eigenvalue weighted by Gasteiger charge is 2.28. The molecule has 3 N–H and O–H groups in total. The maximum Gasteiger partial charge on any atom is 0.245 e. The molecule has 0 saturated heterocycles. The van der Waals surface area contributed by atoms with E-state index >= 15 is 0 Å². The summed E-state index contributed by atoms with van der Waals surface area (Å²) in [5.74, 6) is 0. The standard InChI is InChI=1S/C11H17BrN2O3S/c1-8(2)14(5-6-15)18(16,17)11-7-9(12)3-4-10(11)13/h3-4,7-8,15H,5-6,13H2,1-2H3. The number of nitrogen functional groups attached to an aromatic ring is 1. The molecule has 0 unspecified atom stereocenters. The van der Waals surface area contributed by atoms with E-state index in [1.807, 2.05) is 0 Å². The van der Waals surface area contributed by atoms with Crippen LogP contribution in [0.4, 0.5) is 5.69 Å². The van der Waals surface area contributed by atoms with Gasteiger partial charge in [0.25, 0.3) is 0 Å². The largest absolute Gasteiger partial charge is 0.398 e. The van der Waals surface area contributed by atoms with Crippen LogP contribution in [0, 0.1) is 0 Å². The average molecular weight is 337 g/mol. The van der Waals surface area contributed by atoms with Gasteiger partial charge in [-0.25, -0.2) is 8.42 Å².